The van der Waals surface area contributed by atoms with Crippen LogP contribution in [0.4, 0.5) is 0 Å². The van der Waals surface area contributed by atoms with Crippen molar-refractivity contribution >= 4 is 12.5 Å². The zero-order valence-corrected chi connectivity index (χ0v) is 17.0. The highest BCUT2D eigenvalue weighted by atomic mass is 31.2. The fraction of sp³-hybridized carbons (Fsp3) is 0.417. The normalized spacial score (nSPS) is 36.2. The molecule has 6 rings (SSSR count). The number of hydrogen-bond donors (Lipinski definition) is 1. The van der Waals surface area contributed by atoms with E-state index in [1.54, 1.807) is 0 Å². The third kappa shape index (κ3) is 2.36. The topological polar surface area (TPSA) is 43.1 Å². The van der Waals surface area contributed by atoms with Crippen LogP contribution in [0.25, 0.3) is 5.31 Å². The Morgan fingerprint density at radius 3 is 2.26 bits per heavy atom. The molecule has 0 radical (unpaired) electrons. The van der Waals surface area contributed by atoms with Crippen molar-refractivity contribution in [2.75, 3.05) is 0 Å². The lowest BCUT2D eigenvalue weighted by atomic mass is 9.45. The molecule has 0 unspecified atom stereocenters. The molecule has 1 heterocycles. The molecular weight excluding hydrogens is 349 g/mol. The van der Waals surface area contributed by atoms with E-state index in [4.69, 9.17) is 5.73 Å². The van der Waals surface area contributed by atoms with Crippen LogP contribution in [0.3, 0.4) is 0 Å². The van der Waals surface area contributed by atoms with Gasteiger partial charge in [0.2, 0.25) is 0 Å². The summed E-state index contributed by atoms with van der Waals surface area (Å²) in [5, 5.41) is 0.991. The Labute approximate surface area is 162 Å². The predicted octanol–water partition coefficient (Wildman–Crippen LogP) is 5.94. The smallest absolute Gasteiger partial charge is 0.125 e. The molecule has 2 aromatic carbocycles. The average molecular weight is 377 g/mol. The molecule has 3 aliphatic carbocycles. The van der Waals surface area contributed by atoms with Crippen LogP contribution in [0, 0.1) is 23.2 Å². The van der Waals surface area contributed by atoms with E-state index in [9.17, 15) is 4.57 Å². The van der Waals surface area contributed by atoms with E-state index in [1.165, 1.54) is 12.0 Å². The standard InChI is InChI=1S/C24H28NOP/c1-24(2)18-13-19(24)21-20(14-18)27(26,15-16-9-5-3-6-10-16)23(22(21)25)17-11-7-4-8-12-17/h3-12,18-21H,13-15,25H2,1-2H3/t18-,19-,20-,21-,27+/m0/s1. The van der Waals surface area contributed by atoms with E-state index in [2.05, 4.69) is 38.1 Å². The van der Waals surface area contributed by atoms with Gasteiger partial charge >= 0.3 is 0 Å². The van der Waals surface area contributed by atoms with Crippen molar-refractivity contribution < 1.29 is 4.57 Å². The highest BCUT2D eigenvalue weighted by Gasteiger charge is 2.65. The SMILES string of the molecule is CC1(C)[C@H]2C[C@H]1[C@@H]1C(N)=C(c3ccccc3)[P@@](=O)(Cc3ccccc3)[C@H]1C2. The van der Waals surface area contributed by atoms with Crippen LogP contribution in [-0.4, -0.2) is 5.66 Å². The summed E-state index contributed by atoms with van der Waals surface area (Å²) in [6.07, 6.45) is 2.96. The van der Waals surface area contributed by atoms with E-state index in [-0.39, 0.29) is 11.6 Å². The molecule has 2 aromatic rings. The Balaban J connectivity index is 1.65. The Morgan fingerprint density at radius 2 is 1.63 bits per heavy atom. The van der Waals surface area contributed by atoms with Crippen LogP contribution < -0.4 is 5.73 Å². The summed E-state index contributed by atoms with van der Waals surface area (Å²) < 4.78 is 14.7. The van der Waals surface area contributed by atoms with Gasteiger partial charge in [0.1, 0.15) is 7.14 Å². The van der Waals surface area contributed by atoms with Crippen LogP contribution in [0.1, 0.15) is 37.8 Å². The van der Waals surface area contributed by atoms with Crippen molar-refractivity contribution in [3.8, 4) is 0 Å². The molecular formula is C24H28NOP. The molecule has 0 amide bonds. The first-order chi connectivity index (χ1) is 12.9. The second-order valence-corrected chi connectivity index (χ2v) is 12.3. The van der Waals surface area contributed by atoms with Crippen molar-refractivity contribution in [3.05, 3.63) is 77.5 Å². The van der Waals surface area contributed by atoms with Gasteiger partial charge in [0.25, 0.3) is 0 Å². The monoisotopic (exact) mass is 377 g/mol. The number of rotatable bonds is 3. The molecule has 2 N–H and O–H groups in total. The average Bonchev–Trinajstić information content (AvgIpc) is 2.90. The molecule has 5 atom stereocenters. The molecule has 2 bridgehead atoms. The first-order valence-electron chi connectivity index (χ1n) is 10.1. The molecule has 0 saturated heterocycles. The summed E-state index contributed by atoms with van der Waals surface area (Å²) in [4.78, 5) is 0. The molecule has 140 valence electrons. The minimum atomic E-state index is -2.62. The van der Waals surface area contributed by atoms with Gasteiger partial charge in [0.05, 0.1) is 0 Å². The van der Waals surface area contributed by atoms with Crippen molar-refractivity contribution in [2.24, 2.45) is 28.9 Å². The van der Waals surface area contributed by atoms with E-state index < -0.39 is 7.14 Å². The van der Waals surface area contributed by atoms with Gasteiger partial charge in [0.15, 0.2) is 0 Å². The van der Waals surface area contributed by atoms with Gasteiger partial charge in [-0.05, 0) is 41.2 Å². The third-order valence-corrected chi connectivity index (χ3v) is 11.5. The molecule has 4 aliphatic rings. The highest BCUT2D eigenvalue weighted by Crippen LogP contribution is 2.79. The molecule has 0 spiro atoms. The third-order valence-electron chi connectivity index (χ3n) is 7.77. The summed E-state index contributed by atoms with van der Waals surface area (Å²) in [5.41, 5.74) is 10.6. The van der Waals surface area contributed by atoms with Crippen molar-refractivity contribution in [1.29, 1.82) is 0 Å². The van der Waals surface area contributed by atoms with Crippen LogP contribution in [-0.2, 0) is 10.7 Å². The lowest BCUT2D eigenvalue weighted by Crippen LogP contribution is -2.57. The van der Waals surface area contributed by atoms with Crippen LogP contribution in [0.15, 0.2) is 66.4 Å². The molecule has 0 aromatic heterocycles. The first kappa shape index (κ1) is 17.3. The lowest BCUT2D eigenvalue weighted by molar-refractivity contribution is -0.0903. The van der Waals surface area contributed by atoms with Gasteiger partial charge in [-0.15, -0.1) is 0 Å². The van der Waals surface area contributed by atoms with E-state index in [0.29, 0.717) is 23.4 Å². The minimum absolute atomic E-state index is 0.227. The van der Waals surface area contributed by atoms with Gasteiger partial charge in [-0.3, -0.25) is 0 Å². The van der Waals surface area contributed by atoms with Crippen LogP contribution >= 0.6 is 7.14 Å². The van der Waals surface area contributed by atoms with Gasteiger partial charge in [0, 0.05) is 28.8 Å². The summed E-state index contributed by atoms with van der Waals surface area (Å²) in [5.74, 6) is 1.55. The van der Waals surface area contributed by atoms with Gasteiger partial charge in [-0.25, -0.2) is 0 Å². The summed E-state index contributed by atoms with van der Waals surface area (Å²) >= 11 is 0. The van der Waals surface area contributed by atoms with Crippen LogP contribution in [0.5, 0.6) is 0 Å². The molecule has 3 saturated carbocycles. The Morgan fingerprint density at radius 1 is 1.00 bits per heavy atom. The maximum Gasteiger partial charge on any atom is 0.125 e. The number of hydrogen-bond acceptors (Lipinski definition) is 2. The van der Waals surface area contributed by atoms with Crippen molar-refractivity contribution in [3.63, 3.8) is 0 Å². The minimum Gasteiger partial charge on any atom is -0.401 e. The second kappa shape index (κ2) is 5.85. The first-order valence-corrected chi connectivity index (χ1v) is 12.1. The fourth-order valence-corrected chi connectivity index (χ4v) is 10.3. The van der Waals surface area contributed by atoms with E-state index >= 15 is 0 Å². The highest BCUT2D eigenvalue weighted by molar-refractivity contribution is 7.74. The number of benzene rings is 2. The zero-order valence-electron chi connectivity index (χ0n) is 16.1. The van der Waals surface area contributed by atoms with E-state index in [1.807, 2.05) is 36.4 Å². The summed E-state index contributed by atoms with van der Waals surface area (Å²) in [7, 11) is -2.62. The maximum atomic E-state index is 14.7. The Hall–Kier alpha value is -1.79. The number of allylic oxidation sites excluding steroid dienone is 1. The van der Waals surface area contributed by atoms with Gasteiger partial charge in [-0.1, -0.05) is 74.5 Å². The Bertz CT molecular complexity index is 947. The largest absolute Gasteiger partial charge is 0.401 e. The predicted molar refractivity (Wildman–Crippen MR) is 113 cm³/mol. The quantitative estimate of drug-likeness (QED) is 0.673. The molecule has 1 aliphatic heterocycles. The van der Waals surface area contributed by atoms with Gasteiger partial charge in [-0.2, -0.15) is 0 Å². The Kier molecular flexibility index (Phi) is 3.75. The lowest BCUT2D eigenvalue weighted by Gasteiger charge is -2.62. The van der Waals surface area contributed by atoms with Crippen LogP contribution in [0.2, 0.25) is 0 Å². The fourth-order valence-electron chi connectivity index (χ4n) is 6.20. The molecule has 27 heavy (non-hydrogen) atoms. The maximum absolute atomic E-state index is 14.7. The zero-order chi connectivity index (χ0) is 18.8. The van der Waals surface area contributed by atoms with Crippen molar-refractivity contribution in [2.45, 2.75) is 38.5 Å². The summed E-state index contributed by atoms with van der Waals surface area (Å²) in [6, 6.07) is 20.6. The second-order valence-electron chi connectivity index (χ2n) is 9.30. The summed E-state index contributed by atoms with van der Waals surface area (Å²) in [6.45, 7) is 4.77. The molecule has 2 nitrogen and oxygen atoms in total. The van der Waals surface area contributed by atoms with Gasteiger partial charge < -0.3 is 10.3 Å². The molecule has 3 heteroatoms. The molecule has 3 fully saturated rings. The van der Waals surface area contributed by atoms with E-state index in [0.717, 1.165) is 23.0 Å². The van der Waals surface area contributed by atoms with Crippen molar-refractivity contribution in [1.82, 2.24) is 0 Å². The number of nitrogens with two attached hydrogens (primary N) is 1.